The fourth-order valence-electron chi connectivity index (χ4n) is 0.945. The van der Waals surface area contributed by atoms with E-state index in [1.54, 1.807) is 0 Å². The van der Waals surface area contributed by atoms with Crippen LogP contribution >= 0.6 is 15.9 Å². The first kappa shape index (κ1) is 9.49. The molecule has 0 bridgehead atoms. The van der Waals surface area contributed by atoms with Crippen LogP contribution in [0.3, 0.4) is 0 Å². The largest absolute Gasteiger partial charge is 0.326 e. The first-order valence-corrected chi connectivity index (χ1v) is 5.00. The highest BCUT2D eigenvalue weighted by Gasteiger charge is 1.87. The predicted octanol–water partition coefficient (Wildman–Crippen LogP) is 2.55. The predicted molar refractivity (Wildman–Crippen MR) is 57.2 cm³/mol. The Kier molecular flexibility index (Phi) is 4.05. The molecular formula is C10H12BrN. The van der Waals surface area contributed by atoms with Crippen molar-refractivity contribution in [1.29, 1.82) is 0 Å². The normalized spacial score (nSPS) is 10.8. The number of halogens is 1. The number of hydrogen-bond donors (Lipinski definition) is 1. The summed E-state index contributed by atoms with van der Waals surface area (Å²) in [6.07, 6.45) is 4.15. The maximum Gasteiger partial charge on any atom is 0.0215 e. The molecular weight excluding hydrogens is 214 g/mol. The van der Waals surface area contributed by atoms with Gasteiger partial charge in [0.1, 0.15) is 0 Å². The van der Waals surface area contributed by atoms with E-state index in [2.05, 4.69) is 40.2 Å². The van der Waals surface area contributed by atoms with Crippen LogP contribution in [0.15, 0.2) is 30.3 Å². The van der Waals surface area contributed by atoms with Gasteiger partial charge in [-0.05, 0) is 11.1 Å². The summed E-state index contributed by atoms with van der Waals surface area (Å²) in [6, 6.07) is 8.24. The summed E-state index contributed by atoms with van der Waals surface area (Å²) >= 11 is 3.33. The Morgan fingerprint density at radius 1 is 1.25 bits per heavy atom. The van der Waals surface area contributed by atoms with Crippen LogP contribution in [0.5, 0.6) is 0 Å². The molecule has 1 aromatic carbocycles. The van der Waals surface area contributed by atoms with Crippen LogP contribution in [0, 0.1) is 0 Å². The van der Waals surface area contributed by atoms with Crippen molar-refractivity contribution in [2.45, 2.75) is 6.54 Å². The molecule has 1 rings (SSSR count). The third-order valence-electron chi connectivity index (χ3n) is 1.61. The van der Waals surface area contributed by atoms with E-state index < -0.39 is 0 Å². The number of alkyl halides is 1. The minimum absolute atomic E-state index is 0.614. The highest BCUT2D eigenvalue weighted by Crippen LogP contribution is 2.05. The SMILES string of the molecule is NCc1ccc(C=CCBr)cc1. The highest BCUT2D eigenvalue weighted by molar-refractivity contribution is 9.09. The molecule has 0 aromatic heterocycles. The summed E-state index contributed by atoms with van der Waals surface area (Å²) in [4.78, 5) is 0. The summed E-state index contributed by atoms with van der Waals surface area (Å²) < 4.78 is 0. The summed E-state index contributed by atoms with van der Waals surface area (Å²) in [7, 11) is 0. The molecule has 0 aliphatic carbocycles. The van der Waals surface area contributed by atoms with Crippen molar-refractivity contribution in [2.75, 3.05) is 5.33 Å². The molecule has 2 heteroatoms. The van der Waals surface area contributed by atoms with Crippen molar-refractivity contribution in [3.8, 4) is 0 Å². The third-order valence-corrected chi connectivity index (χ3v) is 1.99. The van der Waals surface area contributed by atoms with Gasteiger partial charge < -0.3 is 5.73 Å². The lowest BCUT2D eigenvalue weighted by atomic mass is 10.1. The molecule has 0 fully saturated rings. The molecule has 0 radical (unpaired) electrons. The fourth-order valence-corrected chi connectivity index (χ4v) is 1.13. The minimum Gasteiger partial charge on any atom is -0.326 e. The molecule has 0 saturated heterocycles. The van der Waals surface area contributed by atoms with E-state index in [0.29, 0.717) is 6.54 Å². The average Bonchev–Trinajstić information content (AvgIpc) is 2.15. The second kappa shape index (κ2) is 5.12. The smallest absolute Gasteiger partial charge is 0.0215 e. The molecule has 0 atom stereocenters. The lowest BCUT2D eigenvalue weighted by Gasteiger charge is -1.96. The van der Waals surface area contributed by atoms with E-state index in [-0.39, 0.29) is 0 Å². The van der Waals surface area contributed by atoms with Gasteiger partial charge in [0.05, 0.1) is 0 Å². The van der Waals surface area contributed by atoms with Crippen molar-refractivity contribution >= 4 is 22.0 Å². The van der Waals surface area contributed by atoms with E-state index in [9.17, 15) is 0 Å². The van der Waals surface area contributed by atoms with Crippen molar-refractivity contribution in [1.82, 2.24) is 0 Å². The van der Waals surface area contributed by atoms with Crippen LogP contribution in [-0.4, -0.2) is 5.33 Å². The number of hydrogen-bond acceptors (Lipinski definition) is 1. The van der Waals surface area contributed by atoms with Gasteiger partial charge in [-0.15, -0.1) is 0 Å². The zero-order chi connectivity index (χ0) is 8.81. The van der Waals surface area contributed by atoms with Crippen molar-refractivity contribution in [3.63, 3.8) is 0 Å². The molecule has 0 spiro atoms. The number of nitrogens with two attached hydrogens (primary N) is 1. The van der Waals surface area contributed by atoms with Gasteiger partial charge in [0.2, 0.25) is 0 Å². The molecule has 0 heterocycles. The Hall–Kier alpha value is -0.600. The first-order valence-electron chi connectivity index (χ1n) is 3.88. The van der Waals surface area contributed by atoms with Crippen LogP contribution in [0.1, 0.15) is 11.1 Å². The number of allylic oxidation sites excluding steroid dienone is 1. The highest BCUT2D eigenvalue weighted by atomic mass is 79.9. The van der Waals surface area contributed by atoms with Crippen LogP contribution in [0.25, 0.3) is 6.08 Å². The lowest BCUT2D eigenvalue weighted by molar-refractivity contribution is 1.07. The first-order chi connectivity index (χ1) is 5.86. The maximum atomic E-state index is 5.47. The topological polar surface area (TPSA) is 26.0 Å². The molecule has 0 unspecified atom stereocenters. The van der Waals surface area contributed by atoms with Gasteiger partial charge >= 0.3 is 0 Å². The molecule has 2 N–H and O–H groups in total. The van der Waals surface area contributed by atoms with Gasteiger partial charge in [0.25, 0.3) is 0 Å². The lowest BCUT2D eigenvalue weighted by Crippen LogP contribution is -1.94. The van der Waals surface area contributed by atoms with Gasteiger partial charge in [0.15, 0.2) is 0 Å². The molecule has 1 nitrogen and oxygen atoms in total. The minimum atomic E-state index is 0.614. The third kappa shape index (κ3) is 2.80. The van der Waals surface area contributed by atoms with Gasteiger partial charge in [0, 0.05) is 11.9 Å². The standard InChI is InChI=1S/C10H12BrN/c11-7-1-2-9-3-5-10(8-12)6-4-9/h1-6H,7-8,12H2. The van der Waals surface area contributed by atoms with E-state index in [1.807, 2.05) is 12.1 Å². The van der Waals surface area contributed by atoms with Gasteiger partial charge in [-0.25, -0.2) is 0 Å². The zero-order valence-electron chi connectivity index (χ0n) is 6.83. The molecule has 0 saturated carbocycles. The Balaban J connectivity index is 2.71. The van der Waals surface area contributed by atoms with Crippen molar-refractivity contribution in [3.05, 3.63) is 41.5 Å². The van der Waals surface area contributed by atoms with E-state index in [0.717, 1.165) is 5.33 Å². The summed E-state index contributed by atoms with van der Waals surface area (Å²) in [6.45, 7) is 0.614. The molecule has 0 aliphatic rings. The van der Waals surface area contributed by atoms with E-state index in [1.165, 1.54) is 11.1 Å². The van der Waals surface area contributed by atoms with Gasteiger partial charge in [-0.3, -0.25) is 0 Å². The Labute approximate surface area is 81.4 Å². The quantitative estimate of drug-likeness (QED) is 0.787. The monoisotopic (exact) mass is 225 g/mol. The van der Waals surface area contributed by atoms with E-state index >= 15 is 0 Å². The molecule has 1 aromatic rings. The second-order valence-electron chi connectivity index (χ2n) is 2.50. The Morgan fingerprint density at radius 3 is 2.42 bits per heavy atom. The average molecular weight is 226 g/mol. The van der Waals surface area contributed by atoms with Crippen LogP contribution < -0.4 is 5.73 Å². The number of benzene rings is 1. The van der Waals surface area contributed by atoms with E-state index in [4.69, 9.17) is 5.73 Å². The Morgan fingerprint density at radius 2 is 1.92 bits per heavy atom. The van der Waals surface area contributed by atoms with Crippen molar-refractivity contribution in [2.24, 2.45) is 5.73 Å². The molecule has 64 valence electrons. The van der Waals surface area contributed by atoms with Gasteiger partial charge in [-0.1, -0.05) is 52.3 Å². The molecule has 0 amide bonds. The second-order valence-corrected chi connectivity index (χ2v) is 3.15. The number of rotatable bonds is 3. The summed E-state index contributed by atoms with van der Waals surface area (Å²) in [5.74, 6) is 0. The molecule has 12 heavy (non-hydrogen) atoms. The van der Waals surface area contributed by atoms with Crippen LogP contribution in [0.2, 0.25) is 0 Å². The molecule has 0 aliphatic heterocycles. The fraction of sp³-hybridized carbons (Fsp3) is 0.200. The Bertz CT molecular complexity index is 251. The van der Waals surface area contributed by atoms with Crippen molar-refractivity contribution < 1.29 is 0 Å². The van der Waals surface area contributed by atoms with Crippen LogP contribution in [-0.2, 0) is 6.54 Å². The van der Waals surface area contributed by atoms with Gasteiger partial charge in [-0.2, -0.15) is 0 Å². The summed E-state index contributed by atoms with van der Waals surface area (Å²) in [5.41, 5.74) is 7.86. The maximum absolute atomic E-state index is 5.47. The summed E-state index contributed by atoms with van der Waals surface area (Å²) in [5, 5.41) is 0.894. The zero-order valence-corrected chi connectivity index (χ0v) is 8.42. The van der Waals surface area contributed by atoms with Crippen LogP contribution in [0.4, 0.5) is 0 Å².